The van der Waals surface area contributed by atoms with E-state index in [9.17, 15) is 4.79 Å². The third-order valence-corrected chi connectivity index (χ3v) is 3.34. The molecule has 1 unspecified atom stereocenters. The first kappa shape index (κ1) is 16.1. The monoisotopic (exact) mass is 303 g/mol. The van der Waals surface area contributed by atoms with Crippen LogP contribution < -0.4 is 4.74 Å². The molecule has 0 bridgehead atoms. The molecule has 1 atom stereocenters. The fourth-order valence-electron chi connectivity index (χ4n) is 2.34. The second-order valence-electron chi connectivity index (χ2n) is 6.26. The summed E-state index contributed by atoms with van der Waals surface area (Å²) in [6.45, 7) is 6.55. The molecule has 0 aromatic carbocycles. The van der Waals surface area contributed by atoms with Gasteiger partial charge in [0.1, 0.15) is 18.3 Å². The van der Waals surface area contributed by atoms with Crippen molar-refractivity contribution in [2.75, 3.05) is 13.2 Å². The first-order chi connectivity index (χ1) is 10.4. The van der Waals surface area contributed by atoms with E-state index in [2.05, 4.69) is 11.1 Å². The number of ether oxygens (including phenoxy) is 2. The Bertz CT molecular complexity index is 575. The van der Waals surface area contributed by atoms with Crippen LogP contribution in [-0.2, 0) is 4.74 Å². The molecule has 22 heavy (non-hydrogen) atoms. The fourth-order valence-corrected chi connectivity index (χ4v) is 2.34. The van der Waals surface area contributed by atoms with Gasteiger partial charge in [-0.15, -0.1) is 0 Å². The van der Waals surface area contributed by atoms with Crippen molar-refractivity contribution in [1.29, 1.82) is 5.26 Å². The normalized spacial score (nSPS) is 17.9. The van der Waals surface area contributed by atoms with Crippen LogP contribution in [0.2, 0.25) is 0 Å². The van der Waals surface area contributed by atoms with Gasteiger partial charge < -0.3 is 14.4 Å². The molecule has 6 heteroatoms. The lowest BCUT2D eigenvalue weighted by Gasteiger charge is -2.28. The lowest BCUT2D eigenvalue weighted by molar-refractivity contribution is 0.0187. The van der Waals surface area contributed by atoms with Crippen molar-refractivity contribution in [2.45, 2.75) is 45.3 Å². The number of hydrogen-bond donors (Lipinski definition) is 0. The van der Waals surface area contributed by atoms with Crippen LogP contribution in [0.25, 0.3) is 0 Å². The molecule has 118 valence electrons. The Hall–Kier alpha value is -2.29. The molecular formula is C16H21N3O3. The molecule has 0 spiro atoms. The van der Waals surface area contributed by atoms with Gasteiger partial charge in [0.05, 0.1) is 17.8 Å². The average molecular weight is 303 g/mol. The molecule has 1 fully saturated rings. The molecule has 0 N–H and O–H groups in total. The summed E-state index contributed by atoms with van der Waals surface area (Å²) in [5.74, 6) is 0.445. The van der Waals surface area contributed by atoms with E-state index in [1.165, 1.54) is 6.20 Å². The molecule has 1 aromatic heterocycles. The first-order valence-corrected chi connectivity index (χ1v) is 7.37. The Balaban J connectivity index is 1.97. The van der Waals surface area contributed by atoms with E-state index in [1.54, 1.807) is 17.2 Å². The second kappa shape index (κ2) is 6.65. The zero-order valence-electron chi connectivity index (χ0n) is 13.2. The van der Waals surface area contributed by atoms with Crippen molar-refractivity contribution in [2.24, 2.45) is 0 Å². The number of rotatable bonds is 3. The van der Waals surface area contributed by atoms with E-state index in [1.807, 2.05) is 20.8 Å². The Morgan fingerprint density at radius 1 is 1.55 bits per heavy atom. The molecule has 0 radical (unpaired) electrons. The maximum atomic E-state index is 12.2. The Labute approximate surface area is 130 Å². The van der Waals surface area contributed by atoms with Gasteiger partial charge in [-0.05, 0) is 39.7 Å². The SMILES string of the molecule is CC(C)(C)OC(=O)N1CCCC1COc1cnccc1C#N. The van der Waals surface area contributed by atoms with E-state index >= 15 is 0 Å². The van der Waals surface area contributed by atoms with Crippen molar-refractivity contribution in [3.8, 4) is 11.8 Å². The minimum Gasteiger partial charge on any atom is -0.488 e. The fraction of sp³-hybridized carbons (Fsp3) is 0.562. The summed E-state index contributed by atoms with van der Waals surface area (Å²) < 4.78 is 11.1. The van der Waals surface area contributed by atoms with Crippen molar-refractivity contribution in [1.82, 2.24) is 9.88 Å². The predicted octanol–water partition coefficient (Wildman–Crippen LogP) is 2.73. The number of nitrogens with zero attached hydrogens (tertiary/aromatic N) is 3. The topological polar surface area (TPSA) is 75.4 Å². The maximum absolute atomic E-state index is 12.2. The van der Waals surface area contributed by atoms with Crippen LogP contribution >= 0.6 is 0 Å². The van der Waals surface area contributed by atoms with Crippen LogP contribution in [0.5, 0.6) is 5.75 Å². The van der Waals surface area contributed by atoms with E-state index < -0.39 is 5.60 Å². The number of aromatic nitrogens is 1. The highest BCUT2D eigenvalue weighted by molar-refractivity contribution is 5.69. The minimum absolute atomic E-state index is 0.0402. The molecule has 6 nitrogen and oxygen atoms in total. The van der Waals surface area contributed by atoms with Crippen molar-refractivity contribution >= 4 is 6.09 Å². The van der Waals surface area contributed by atoms with Crippen LogP contribution in [0.15, 0.2) is 18.5 Å². The van der Waals surface area contributed by atoms with Crippen molar-refractivity contribution < 1.29 is 14.3 Å². The molecule has 0 aliphatic carbocycles. The van der Waals surface area contributed by atoms with Gasteiger partial charge in [-0.3, -0.25) is 4.98 Å². The van der Waals surface area contributed by atoms with E-state index in [0.717, 1.165) is 12.8 Å². The van der Waals surface area contributed by atoms with Gasteiger partial charge in [0.15, 0.2) is 5.75 Å². The summed E-state index contributed by atoms with van der Waals surface area (Å²) in [6.07, 6.45) is 4.54. The quantitative estimate of drug-likeness (QED) is 0.858. The summed E-state index contributed by atoms with van der Waals surface area (Å²) in [4.78, 5) is 17.9. The first-order valence-electron chi connectivity index (χ1n) is 7.37. The molecule has 1 amide bonds. The molecule has 1 aliphatic rings. The largest absolute Gasteiger partial charge is 0.488 e. The second-order valence-corrected chi connectivity index (χ2v) is 6.26. The van der Waals surface area contributed by atoms with Gasteiger partial charge in [0.25, 0.3) is 0 Å². The molecule has 2 heterocycles. The third-order valence-electron chi connectivity index (χ3n) is 3.34. The van der Waals surface area contributed by atoms with E-state index in [4.69, 9.17) is 14.7 Å². The molecule has 1 aliphatic heterocycles. The average Bonchev–Trinajstić information content (AvgIpc) is 2.92. The number of nitriles is 1. The number of carbonyl (C=O) groups excluding carboxylic acids is 1. The molecular weight excluding hydrogens is 282 g/mol. The van der Waals surface area contributed by atoms with Gasteiger partial charge >= 0.3 is 6.09 Å². The minimum atomic E-state index is -0.511. The number of likely N-dealkylation sites (tertiary alicyclic amines) is 1. The summed E-state index contributed by atoms with van der Waals surface area (Å²) in [7, 11) is 0. The van der Waals surface area contributed by atoms with E-state index in [0.29, 0.717) is 24.5 Å². The Morgan fingerprint density at radius 3 is 3.00 bits per heavy atom. The number of hydrogen-bond acceptors (Lipinski definition) is 5. The van der Waals surface area contributed by atoms with Gasteiger partial charge in [0, 0.05) is 12.7 Å². The van der Waals surface area contributed by atoms with Crippen molar-refractivity contribution in [3.05, 3.63) is 24.0 Å². The molecule has 2 rings (SSSR count). The van der Waals surface area contributed by atoms with Gasteiger partial charge in [-0.1, -0.05) is 0 Å². The highest BCUT2D eigenvalue weighted by Crippen LogP contribution is 2.23. The summed E-state index contributed by atoms with van der Waals surface area (Å²) in [5.41, 5.74) is -0.0700. The van der Waals surface area contributed by atoms with Gasteiger partial charge in [-0.25, -0.2) is 4.79 Å². The smallest absolute Gasteiger partial charge is 0.410 e. The number of pyridine rings is 1. The zero-order chi connectivity index (χ0) is 16.2. The van der Waals surface area contributed by atoms with Gasteiger partial charge in [-0.2, -0.15) is 5.26 Å². The lowest BCUT2D eigenvalue weighted by Crippen LogP contribution is -2.42. The number of carbonyl (C=O) groups is 1. The Morgan fingerprint density at radius 2 is 2.32 bits per heavy atom. The van der Waals surface area contributed by atoms with Gasteiger partial charge in [0.2, 0.25) is 0 Å². The highest BCUT2D eigenvalue weighted by atomic mass is 16.6. The molecule has 0 saturated carbocycles. The summed E-state index contributed by atoms with van der Waals surface area (Å²) in [6, 6.07) is 3.63. The predicted molar refractivity (Wildman–Crippen MR) is 80.4 cm³/mol. The molecule has 1 saturated heterocycles. The summed E-state index contributed by atoms with van der Waals surface area (Å²) in [5, 5.41) is 9.04. The van der Waals surface area contributed by atoms with Crippen molar-refractivity contribution in [3.63, 3.8) is 0 Å². The van der Waals surface area contributed by atoms with Crippen LogP contribution in [0.3, 0.4) is 0 Å². The lowest BCUT2D eigenvalue weighted by atomic mass is 10.2. The van der Waals surface area contributed by atoms with E-state index in [-0.39, 0.29) is 12.1 Å². The third kappa shape index (κ3) is 4.10. The zero-order valence-corrected chi connectivity index (χ0v) is 13.2. The number of amides is 1. The van der Waals surface area contributed by atoms with Crippen LogP contribution in [-0.4, -0.2) is 40.8 Å². The van der Waals surface area contributed by atoms with Crippen LogP contribution in [0, 0.1) is 11.3 Å². The van der Waals surface area contributed by atoms with Crippen LogP contribution in [0.4, 0.5) is 4.79 Å². The standard InChI is InChI=1S/C16H21N3O3/c1-16(2,3)22-15(20)19-8-4-5-13(19)11-21-14-10-18-7-6-12(14)9-17/h6-7,10,13H,4-5,8,11H2,1-3H3. The maximum Gasteiger partial charge on any atom is 0.410 e. The van der Waals surface area contributed by atoms with Crippen LogP contribution in [0.1, 0.15) is 39.2 Å². The summed E-state index contributed by atoms with van der Waals surface area (Å²) >= 11 is 0. The Kier molecular flexibility index (Phi) is 4.86. The molecule has 1 aromatic rings. The highest BCUT2D eigenvalue weighted by Gasteiger charge is 2.32.